The van der Waals surface area contributed by atoms with Crippen molar-refractivity contribution in [2.24, 2.45) is 0 Å². The Bertz CT molecular complexity index is 427. The summed E-state index contributed by atoms with van der Waals surface area (Å²) in [6, 6.07) is 5.21. The average Bonchev–Trinajstić information content (AvgIpc) is 2.15. The molecule has 0 unspecified atom stereocenters. The summed E-state index contributed by atoms with van der Waals surface area (Å²) >= 11 is 0. The molecule has 0 aliphatic heterocycles. The third-order valence-electron chi connectivity index (χ3n) is 1.71. The number of carbonyl (C=O) groups is 1. The number of nitriles is 1. The fourth-order valence-electron chi connectivity index (χ4n) is 1.19. The van der Waals surface area contributed by atoms with Crippen molar-refractivity contribution in [3.8, 4) is 6.07 Å². The molecule has 0 radical (unpaired) electrons. The minimum absolute atomic E-state index is 0.161. The minimum Gasteiger partial charge on any atom is -0.460 e. The Morgan fingerprint density at radius 1 is 1.56 bits per heavy atom. The monoisotopic (exact) mass is 218 g/mol. The maximum absolute atomic E-state index is 11.5. The molecule has 0 atom stereocenters. The van der Waals surface area contributed by atoms with E-state index < -0.39 is 5.60 Å². The molecule has 1 heterocycles. The Labute approximate surface area is 94.9 Å². The molecular formula is C12H14N2O2. The van der Waals surface area contributed by atoms with Crippen LogP contribution in [-0.4, -0.2) is 16.6 Å². The predicted octanol–water partition coefficient (Wildman–Crippen LogP) is 1.84. The van der Waals surface area contributed by atoms with Gasteiger partial charge in [-0.1, -0.05) is 0 Å². The summed E-state index contributed by atoms with van der Waals surface area (Å²) in [4.78, 5) is 15.3. The fourth-order valence-corrected chi connectivity index (χ4v) is 1.19. The molecule has 4 nitrogen and oxygen atoms in total. The molecule has 0 amide bonds. The SMILES string of the molecule is CC(C)(C)OC(=O)Cc1ccnc(C#N)c1. The number of hydrogen-bond acceptors (Lipinski definition) is 4. The van der Waals surface area contributed by atoms with Gasteiger partial charge < -0.3 is 4.74 Å². The normalized spacial score (nSPS) is 10.6. The molecule has 0 N–H and O–H groups in total. The Morgan fingerprint density at radius 2 is 2.25 bits per heavy atom. The van der Waals surface area contributed by atoms with Gasteiger partial charge in [-0.15, -0.1) is 0 Å². The highest BCUT2D eigenvalue weighted by molar-refractivity contribution is 5.73. The summed E-state index contributed by atoms with van der Waals surface area (Å²) < 4.78 is 5.17. The zero-order valence-corrected chi connectivity index (χ0v) is 9.65. The second kappa shape index (κ2) is 4.75. The summed E-state index contributed by atoms with van der Waals surface area (Å²) in [6.07, 6.45) is 1.67. The lowest BCUT2D eigenvalue weighted by atomic mass is 10.1. The van der Waals surface area contributed by atoms with E-state index >= 15 is 0 Å². The molecule has 1 aromatic rings. The Morgan fingerprint density at radius 3 is 2.81 bits per heavy atom. The number of esters is 1. The van der Waals surface area contributed by atoms with Crippen LogP contribution in [0.4, 0.5) is 0 Å². The van der Waals surface area contributed by atoms with Crippen LogP contribution in [0.25, 0.3) is 0 Å². The van der Waals surface area contributed by atoms with Crippen LogP contribution in [0.5, 0.6) is 0 Å². The maximum atomic E-state index is 11.5. The highest BCUT2D eigenvalue weighted by Crippen LogP contribution is 2.10. The number of carbonyl (C=O) groups excluding carboxylic acids is 1. The Kier molecular flexibility index (Phi) is 3.62. The molecule has 0 fully saturated rings. The maximum Gasteiger partial charge on any atom is 0.310 e. The van der Waals surface area contributed by atoms with Crippen molar-refractivity contribution in [1.29, 1.82) is 5.26 Å². The molecule has 0 aliphatic rings. The highest BCUT2D eigenvalue weighted by Gasteiger charge is 2.16. The molecule has 0 aliphatic carbocycles. The van der Waals surface area contributed by atoms with E-state index in [1.807, 2.05) is 26.8 Å². The molecule has 4 heteroatoms. The number of nitrogens with zero attached hydrogens (tertiary/aromatic N) is 2. The number of hydrogen-bond donors (Lipinski definition) is 0. The van der Waals surface area contributed by atoms with E-state index in [2.05, 4.69) is 4.98 Å². The number of rotatable bonds is 2. The second-order valence-electron chi connectivity index (χ2n) is 4.42. The van der Waals surface area contributed by atoms with Crippen molar-refractivity contribution >= 4 is 5.97 Å². The van der Waals surface area contributed by atoms with Crippen LogP contribution in [0.15, 0.2) is 18.3 Å². The molecule has 1 rings (SSSR count). The first-order valence-electron chi connectivity index (χ1n) is 4.97. The standard InChI is InChI=1S/C12H14N2O2/c1-12(2,3)16-11(15)7-9-4-5-14-10(6-9)8-13/h4-6H,7H2,1-3H3. The third kappa shape index (κ3) is 4.09. The quantitative estimate of drug-likeness (QED) is 0.710. The smallest absolute Gasteiger partial charge is 0.310 e. The zero-order chi connectivity index (χ0) is 12.2. The minimum atomic E-state index is -0.484. The van der Waals surface area contributed by atoms with Crippen LogP contribution < -0.4 is 0 Å². The van der Waals surface area contributed by atoms with Crippen molar-refractivity contribution in [2.75, 3.05) is 0 Å². The molecule has 0 saturated carbocycles. The van der Waals surface area contributed by atoms with Gasteiger partial charge in [0.1, 0.15) is 17.4 Å². The number of aromatic nitrogens is 1. The van der Waals surface area contributed by atoms with E-state index in [0.29, 0.717) is 5.69 Å². The molecule has 84 valence electrons. The van der Waals surface area contributed by atoms with Gasteiger partial charge in [0.2, 0.25) is 0 Å². The second-order valence-corrected chi connectivity index (χ2v) is 4.42. The van der Waals surface area contributed by atoms with Crippen molar-refractivity contribution in [2.45, 2.75) is 32.8 Å². The van der Waals surface area contributed by atoms with E-state index in [-0.39, 0.29) is 12.4 Å². The van der Waals surface area contributed by atoms with Crippen molar-refractivity contribution in [3.05, 3.63) is 29.6 Å². The lowest BCUT2D eigenvalue weighted by molar-refractivity contribution is -0.153. The van der Waals surface area contributed by atoms with Gasteiger partial charge in [0.15, 0.2) is 0 Å². The van der Waals surface area contributed by atoms with Gasteiger partial charge in [0.25, 0.3) is 0 Å². The van der Waals surface area contributed by atoms with E-state index in [9.17, 15) is 4.79 Å². The first kappa shape index (κ1) is 12.2. The van der Waals surface area contributed by atoms with E-state index in [4.69, 9.17) is 10.00 Å². The zero-order valence-electron chi connectivity index (χ0n) is 9.65. The summed E-state index contributed by atoms with van der Waals surface area (Å²) in [7, 11) is 0. The lowest BCUT2D eigenvalue weighted by Crippen LogP contribution is -2.24. The topological polar surface area (TPSA) is 63.0 Å². The van der Waals surface area contributed by atoms with Gasteiger partial charge in [-0.3, -0.25) is 4.79 Å². The van der Waals surface area contributed by atoms with Crippen LogP contribution in [0.3, 0.4) is 0 Å². The molecule has 0 aromatic carbocycles. The highest BCUT2D eigenvalue weighted by atomic mass is 16.6. The number of ether oxygens (including phenoxy) is 1. The van der Waals surface area contributed by atoms with Crippen LogP contribution in [-0.2, 0) is 16.0 Å². The number of pyridine rings is 1. The van der Waals surface area contributed by atoms with E-state index in [1.165, 1.54) is 6.20 Å². The molecule has 1 aromatic heterocycles. The van der Waals surface area contributed by atoms with Crippen molar-refractivity contribution in [1.82, 2.24) is 4.98 Å². The molecule has 16 heavy (non-hydrogen) atoms. The summed E-state index contributed by atoms with van der Waals surface area (Å²) in [5, 5.41) is 8.65. The van der Waals surface area contributed by atoms with Crippen molar-refractivity contribution in [3.63, 3.8) is 0 Å². The fraction of sp³-hybridized carbons (Fsp3) is 0.417. The van der Waals surface area contributed by atoms with Gasteiger partial charge in [-0.05, 0) is 38.5 Å². The average molecular weight is 218 g/mol. The van der Waals surface area contributed by atoms with Crippen LogP contribution in [0, 0.1) is 11.3 Å². The van der Waals surface area contributed by atoms with E-state index in [1.54, 1.807) is 12.1 Å². The van der Waals surface area contributed by atoms with Gasteiger partial charge in [0.05, 0.1) is 6.42 Å². The Balaban J connectivity index is 2.67. The summed E-state index contributed by atoms with van der Waals surface area (Å²) in [5.74, 6) is -0.303. The van der Waals surface area contributed by atoms with E-state index in [0.717, 1.165) is 5.56 Å². The summed E-state index contributed by atoms with van der Waals surface area (Å²) in [5.41, 5.74) is 0.559. The van der Waals surface area contributed by atoms with Crippen LogP contribution in [0.2, 0.25) is 0 Å². The Hall–Kier alpha value is -1.89. The van der Waals surface area contributed by atoms with Gasteiger partial charge in [-0.2, -0.15) is 5.26 Å². The predicted molar refractivity (Wildman–Crippen MR) is 58.5 cm³/mol. The largest absolute Gasteiger partial charge is 0.460 e. The first-order chi connectivity index (χ1) is 7.40. The first-order valence-corrected chi connectivity index (χ1v) is 4.97. The van der Waals surface area contributed by atoms with Gasteiger partial charge in [0, 0.05) is 6.20 Å². The summed E-state index contributed by atoms with van der Waals surface area (Å²) in [6.45, 7) is 5.45. The van der Waals surface area contributed by atoms with Gasteiger partial charge in [-0.25, -0.2) is 4.98 Å². The molecule has 0 bridgehead atoms. The van der Waals surface area contributed by atoms with Crippen LogP contribution >= 0.6 is 0 Å². The van der Waals surface area contributed by atoms with Gasteiger partial charge >= 0.3 is 5.97 Å². The third-order valence-corrected chi connectivity index (χ3v) is 1.71. The molecule has 0 saturated heterocycles. The lowest BCUT2D eigenvalue weighted by Gasteiger charge is -2.19. The molecule has 0 spiro atoms. The van der Waals surface area contributed by atoms with Crippen LogP contribution in [0.1, 0.15) is 32.0 Å². The molecular weight excluding hydrogens is 204 g/mol. The van der Waals surface area contributed by atoms with Crippen molar-refractivity contribution < 1.29 is 9.53 Å².